The Balaban J connectivity index is 3.35. The Labute approximate surface area is 108 Å². The van der Waals surface area contributed by atoms with E-state index in [2.05, 4.69) is 30.4 Å². The van der Waals surface area contributed by atoms with Crippen molar-refractivity contribution in [1.29, 1.82) is 0 Å². The van der Waals surface area contributed by atoms with Gasteiger partial charge in [0.2, 0.25) is 0 Å². The predicted octanol–water partition coefficient (Wildman–Crippen LogP) is 1.83. The van der Waals surface area contributed by atoms with Crippen LogP contribution in [0, 0.1) is 0 Å². The van der Waals surface area contributed by atoms with E-state index in [-0.39, 0.29) is 11.5 Å². The van der Waals surface area contributed by atoms with E-state index in [1.54, 1.807) is 0 Å². The number of nitrogens with zero attached hydrogens (tertiary/aromatic N) is 1. The lowest BCUT2D eigenvalue weighted by atomic mass is 10.1. The van der Waals surface area contributed by atoms with Crippen molar-refractivity contribution in [2.75, 3.05) is 0 Å². The first-order valence-corrected chi connectivity index (χ1v) is 6.43. The molecule has 0 aromatic carbocycles. The highest BCUT2D eigenvalue weighted by Gasteiger charge is 2.07. The van der Waals surface area contributed by atoms with Crippen LogP contribution in [0.4, 0.5) is 0 Å². The van der Waals surface area contributed by atoms with Gasteiger partial charge in [-0.1, -0.05) is 38.5 Å². The first-order chi connectivity index (χ1) is 8.49. The van der Waals surface area contributed by atoms with E-state index in [0.717, 1.165) is 24.2 Å². The second-order valence-corrected chi connectivity index (χ2v) is 4.68. The molecule has 1 aromatic heterocycles. The van der Waals surface area contributed by atoms with Crippen LogP contribution < -0.4 is 16.1 Å². The minimum atomic E-state index is -0.103. The van der Waals surface area contributed by atoms with Crippen molar-refractivity contribution < 1.29 is 0 Å². The van der Waals surface area contributed by atoms with Gasteiger partial charge in [-0.15, -0.1) is 0 Å². The summed E-state index contributed by atoms with van der Waals surface area (Å²) < 4.78 is 0. The van der Waals surface area contributed by atoms with Crippen molar-refractivity contribution >= 4 is 12.7 Å². The fourth-order valence-electron chi connectivity index (χ4n) is 1.81. The van der Waals surface area contributed by atoms with Crippen LogP contribution in [-0.4, -0.2) is 9.97 Å². The van der Waals surface area contributed by atoms with Gasteiger partial charge in [0.05, 0.1) is 10.6 Å². The topological polar surface area (TPSA) is 45.8 Å². The maximum atomic E-state index is 12.0. The number of hydrogen-bond donors (Lipinski definition) is 1. The molecule has 0 aliphatic rings. The molecule has 0 bridgehead atoms. The van der Waals surface area contributed by atoms with E-state index in [1.807, 2.05) is 26.0 Å². The molecule has 1 unspecified atom stereocenters. The minimum absolute atomic E-state index is 0.103. The highest BCUT2D eigenvalue weighted by Crippen LogP contribution is 2.13. The number of aromatic nitrogens is 2. The first kappa shape index (κ1) is 14.4. The Kier molecular flexibility index (Phi) is 5.08. The number of allylic oxidation sites excluding steroid dienone is 2. The van der Waals surface area contributed by atoms with Crippen molar-refractivity contribution in [3.63, 3.8) is 0 Å². The molecule has 1 aromatic rings. The van der Waals surface area contributed by atoms with Crippen LogP contribution >= 0.6 is 0 Å². The molecular weight excluding hydrogens is 224 g/mol. The Bertz CT molecular complexity index is 562. The monoisotopic (exact) mass is 246 g/mol. The van der Waals surface area contributed by atoms with Crippen LogP contribution in [-0.2, 0) is 0 Å². The minimum Gasteiger partial charge on any atom is -0.310 e. The van der Waals surface area contributed by atoms with E-state index < -0.39 is 0 Å². The molecule has 0 spiro atoms. The largest absolute Gasteiger partial charge is 0.310 e. The maximum Gasteiger partial charge on any atom is 0.258 e. The van der Waals surface area contributed by atoms with Crippen LogP contribution in [0.25, 0.3) is 12.7 Å². The summed E-state index contributed by atoms with van der Waals surface area (Å²) in [5.74, 6) is 1.00. The Morgan fingerprint density at radius 2 is 2.22 bits per heavy atom. The van der Waals surface area contributed by atoms with Gasteiger partial charge in [0, 0.05) is 5.92 Å². The number of hydrogen-bond acceptors (Lipinski definition) is 2. The lowest BCUT2D eigenvalue weighted by Crippen LogP contribution is -2.43. The number of H-pyrrole nitrogens is 1. The standard InChI is InChI=1S/C15H22N2O/c1-6-8-11(4)14-16-12(5)13(15(18)17-14)9-10(3)7-2/h7,9,11H,5-6,8H2,1-4H3,(H,16,17,18)/b10-7-,13-9+. The molecule has 98 valence electrons. The summed E-state index contributed by atoms with van der Waals surface area (Å²) in [6.45, 7) is 12.0. The summed E-state index contributed by atoms with van der Waals surface area (Å²) in [7, 11) is 0. The molecule has 0 aliphatic heterocycles. The summed E-state index contributed by atoms with van der Waals surface area (Å²) in [5, 5.41) is 1.11. The van der Waals surface area contributed by atoms with E-state index >= 15 is 0 Å². The van der Waals surface area contributed by atoms with Crippen LogP contribution in [0.2, 0.25) is 0 Å². The quantitative estimate of drug-likeness (QED) is 0.881. The smallest absolute Gasteiger partial charge is 0.258 e. The zero-order chi connectivity index (χ0) is 13.7. The second kappa shape index (κ2) is 6.34. The molecular formula is C15H22N2O. The Morgan fingerprint density at radius 1 is 1.56 bits per heavy atom. The van der Waals surface area contributed by atoms with E-state index in [0.29, 0.717) is 10.6 Å². The van der Waals surface area contributed by atoms with E-state index in [4.69, 9.17) is 0 Å². The fourth-order valence-corrected chi connectivity index (χ4v) is 1.81. The normalized spacial score (nSPS) is 14.9. The van der Waals surface area contributed by atoms with E-state index in [9.17, 15) is 4.79 Å². The average Bonchev–Trinajstić information content (AvgIpc) is 2.33. The summed E-state index contributed by atoms with van der Waals surface area (Å²) in [5.41, 5.74) is 0.927. The van der Waals surface area contributed by atoms with Crippen molar-refractivity contribution in [2.45, 2.75) is 46.5 Å². The van der Waals surface area contributed by atoms with Gasteiger partial charge in [0.15, 0.2) is 0 Å². The van der Waals surface area contributed by atoms with Gasteiger partial charge in [-0.2, -0.15) is 0 Å². The molecule has 1 rings (SSSR count). The van der Waals surface area contributed by atoms with Gasteiger partial charge in [0.25, 0.3) is 5.56 Å². The molecule has 0 aliphatic carbocycles. The zero-order valence-electron chi connectivity index (χ0n) is 11.7. The second-order valence-electron chi connectivity index (χ2n) is 4.68. The zero-order valence-corrected chi connectivity index (χ0v) is 11.7. The summed E-state index contributed by atoms with van der Waals surface area (Å²) in [4.78, 5) is 19.3. The summed E-state index contributed by atoms with van der Waals surface area (Å²) in [6.07, 6.45) is 5.86. The molecule has 1 heterocycles. The molecule has 0 saturated heterocycles. The molecule has 1 atom stereocenters. The molecule has 0 fully saturated rings. The lowest BCUT2D eigenvalue weighted by molar-refractivity contribution is 0.620. The third-order valence-corrected chi connectivity index (χ3v) is 3.07. The van der Waals surface area contributed by atoms with Crippen molar-refractivity contribution in [1.82, 2.24) is 9.97 Å². The van der Waals surface area contributed by atoms with Crippen molar-refractivity contribution in [3.05, 3.63) is 38.4 Å². The third-order valence-electron chi connectivity index (χ3n) is 3.07. The highest BCUT2D eigenvalue weighted by molar-refractivity contribution is 5.44. The fraction of sp³-hybridized carbons (Fsp3) is 0.467. The lowest BCUT2D eigenvalue weighted by Gasteiger charge is -2.08. The van der Waals surface area contributed by atoms with E-state index in [1.165, 1.54) is 0 Å². The first-order valence-electron chi connectivity index (χ1n) is 6.43. The molecule has 3 heteroatoms. The van der Waals surface area contributed by atoms with Gasteiger partial charge in [-0.25, -0.2) is 4.98 Å². The molecule has 0 saturated carbocycles. The molecule has 0 radical (unpaired) electrons. The van der Waals surface area contributed by atoms with Gasteiger partial charge in [-0.05, 0) is 26.3 Å². The van der Waals surface area contributed by atoms with Crippen LogP contribution in [0.5, 0.6) is 0 Å². The Morgan fingerprint density at radius 3 is 2.72 bits per heavy atom. The maximum absolute atomic E-state index is 12.0. The SMILES string of the molecule is C=c1nc(C(C)CCC)[nH]c(=O)/c1=C/C(C)=C\C. The molecule has 0 amide bonds. The number of nitrogens with one attached hydrogen (secondary N) is 1. The average molecular weight is 246 g/mol. The van der Waals surface area contributed by atoms with Crippen LogP contribution in [0.15, 0.2) is 16.4 Å². The molecule has 3 nitrogen and oxygen atoms in total. The predicted molar refractivity (Wildman–Crippen MR) is 76.8 cm³/mol. The number of rotatable bonds is 4. The van der Waals surface area contributed by atoms with Crippen LogP contribution in [0.1, 0.15) is 52.3 Å². The van der Waals surface area contributed by atoms with Crippen molar-refractivity contribution in [3.8, 4) is 0 Å². The van der Waals surface area contributed by atoms with Gasteiger partial charge >= 0.3 is 0 Å². The van der Waals surface area contributed by atoms with Gasteiger partial charge in [0.1, 0.15) is 5.82 Å². The van der Waals surface area contributed by atoms with Gasteiger partial charge in [-0.3, -0.25) is 4.79 Å². The van der Waals surface area contributed by atoms with Gasteiger partial charge < -0.3 is 4.98 Å². The summed E-state index contributed by atoms with van der Waals surface area (Å²) in [6, 6.07) is 0. The third kappa shape index (κ3) is 3.42. The highest BCUT2D eigenvalue weighted by atomic mass is 16.1. The van der Waals surface area contributed by atoms with Crippen LogP contribution in [0.3, 0.4) is 0 Å². The summed E-state index contributed by atoms with van der Waals surface area (Å²) >= 11 is 0. The molecule has 1 N–H and O–H groups in total. The molecule has 18 heavy (non-hydrogen) atoms. The van der Waals surface area contributed by atoms with Crippen molar-refractivity contribution in [2.24, 2.45) is 0 Å². The number of aromatic amines is 1. The Hall–Kier alpha value is -1.64.